The van der Waals surface area contributed by atoms with Crippen LogP contribution < -0.4 is 0 Å². The van der Waals surface area contributed by atoms with E-state index in [2.05, 4.69) is 0 Å². The van der Waals surface area contributed by atoms with Gasteiger partial charge in [0.05, 0.1) is 6.42 Å². The fraction of sp³-hybridized carbons (Fsp3) is 0.308. The molecule has 0 saturated carbocycles. The third-order valence-corrected chi connectivity index (χ3v) is 2.25. The highest BCUT2D eigenvalue weighted by molar-refractivity contribution is 5.70. The highest BCUT2D eigenvalue weighted by Gasteiger charge is 1.98. The van der Waals surface area contributed by atoms with Gasteiger partial charge >= 0.3 is 5.97 Å². The average molecular weight is 220 g/mol. The predicted octanol–water partition coefficient (Wildman–Crippen LogP) is 2.10. The summed E-state index contributed by atoms with van der Waals surface area (Å²) in [5.41, 5.74) is 2.16. The number of benzene rings is 1. The molecular formula is C13H16O3. The lowest BCUT2D eigenvalue weighted by atomic mass is 10.0. The first kappa shape index (κ1) is 12.5. The van der Waals surface area contributed by atoms with Gasteiger partial charge in [0.2, 0.25) is 0 Å². The molecule has 1 aromatic carbocycles. The number of hydrogen-bond acceptors (Lipinski definition) is 2. The quantitative estimate of drug-likeness (QED) is 0.771. The third-order valence-electron chi connectivity index (χ3n) is 2.25. The lowest BCUT2D eigenvalue weighted by molar-refractivity contribution is -0.135. The maximum atomic E-state index is 10.4. The molecule has 2 N–H and O–H groups in total. The van der Waals surface area contributed by atoms with Gasteiger partial charge in [-0.25, -0.2) is 0 Å². The summed E-state index contributed by atoms with van der Waals surface area (Å²) in [5, 5.41) is 17.3. The second kappa shape index (κ2) is 6.80. The zero-order valence-electron chi connectivity index (χ0n) is 9.10. The molecule has 0 spiro atoms. The lowest BCUT2D eigenvalue weighted by Gasteiger charge is -2.04. The summed E-state index contributed by atoms with van der Waals surface area (Å²) in [6.45, 7) is 0.174. The number of carbonyl (C=O) groups is 1. The number of aliphatic hydroxyl groups excluding tert-OH is 1. The van der Waals surface area contributed by atoms with Crippen molar-refractivity contribution < 1.29 is 15.0 Å². The van der Waals surface area contributed by atoms with E-state index in [0.717, 1.165) is 24.0 Å². The first-order chi connectivity index (χ1) is 7.74. The number of hydrogen-bond donors (Lipinski definition) is 2. The van der Waals surface area contributed by atoms with Crippen LogP contribution in [0.4, 0.5) is 0 Å². The van der Waals surface area contributed by atoms with Crippen LogP contribution >= 0.6 is 0 Å². The number of carboxylic acid groups (broad SMARTS) is 1. The number of aryl methyl sites for hydroxylation is 1. The van der Waals surface area contributed by atoms with Gasteiger partial charge in [0.25, 0.3) is 0 Å². The molecule has 86 valence electrons. The largest absolute Gasteiger partial charge is 0.481 e. The molecule has 3 heteroatoms. The van der Waals surface area contributed by atoms with Crippen molar-refractivity contribution in [2.75, 3.05) is 6.61 Å². The van der Waals surface area contributed by atoms with Crippen LogP contribution in [0, 0.1) is 0 Å². The molecule has 0 fully saturated rings. The van der Waals surface area contributed by atoms with Crippen molar-refractivity contribution in [3.8, 4) is 0 Å². The van der Waals surface area contributed by atoms with E-state index in [9.17, 15) is 4.79 Å². The lowest BCUT2D eigenvalue weighted by Crippen LogP contribution is -1.93. The Balaban J connectivity index is 2.70. The SMILES string of the molecule is O=C(O)CC=Cc1ccccc1CCCO. The molecular weight excluding hydrogens is 204 g/mol. The average Bonchev–Trinajstić information content (AvgIpc) is 2.27. The third kappa shape index (κ3) is 4.28. The van der Waals surface area contributed by atoms with Crippen molar-refractivity contribution in [3.63, 3.8) is 0 Å². The smallest absolute Gasteiger partial charge is 0.307 e. The number of carboxylic acids is 1. The molecule has 0 unspecified atom stereocenters. The first-order valence-electron chi connectivity index (χ1n) is 5.31. The Bertz CT molecular complexity index is 369. The summed E-state index contributed by atoms with van der Waals surface area (Å²) in [7, 11) is 0. The molecule has 0 saturated heterocycles. The fourth-order valence-electron chi connectivity index (χ4n) is 1.48. The molecule has 16 heavy (non-hydrogen) atoms. The number of aliphatic carboxylic acids is 1. The molecule has 0 aromatic heterocycles. The van der Waals surface area contributed by atoms with Crippen molar-refractivity contribution in [3.05, 3.63) is 41.5 Å². The molecule has 0 amide bonds. The Morgan fingerprint density at radius 2 is 2.06 bits per heavy atom. The Hall–Kier alpha value is -1.61. The van der Waals surface area contributed by atoms with Gasteiger partial charge in [0.1, 0.15) is 0 Å². The van der Waals surface area contributed by atoms with Crippen molar-refractivity contribution in [2.24, 2.45) is 0 Å². The van der Waals surface area contributed by atoms with Gasteiger partial charge in [-0.05, 0) is 24.0 Å². The van der Waals surface area contributed by atoms with E-state index in [4.69, 9.17) is 10.2 Å². The van der Waals surface area contributed by atoms with Crippen LogP contribution in [0.25, 0.3) is 6.08 Å². The Morgan fingerprint density at radius 3 is 2.75 bits per heavy atom. The molecule has 0 aliphatic carbocycles. The van der Waals surface area contributed by atoms with Gasteiger partial charge in [-0.1, -0.05) is 36.4 Å². The van der Waals surface area contributed by atoms with Crippen LogP contribution in [-0.2, 0) is 11.2 Å². The molecule has 1 aromatic rings. The maximum Gasteiger partial charge on any atom is 0.307 e. The Morgan fingerprint density at radius 1 is 1.31 bits per heavy atom. The highest BCUT2D eigenvalue weighted by Crippen LogP contribution is 2.13. The minimum absolute atomic E-state index is 0.0360. The Labute approximate surface area is 95.0 Å². The summed E-state index contributed by atoms with van der Waals surface area (Å²) in [6.07, 6.45) is 5.03. The maximum absolute atomic E-state index is 10.4. The summed E-state index contributed by atoms with van der Waals surface area (Å²) in [5.74, 6) is -0.830. The minimum atomic E-state index is -0.830. The van der Waals surface area contributed by atoms with E-state index in [-0.39, 0.29) is 13.0 Å². The van der Waals surface area contributed by atoms with Crippen LogP contribution in [0.1, 0.15) is 24.0 Å². The topological polar surface area (TPSA) is 57.5 Å². The molecule has 0 bridgehead atoms. The van der Waals surface area contributed by atoms with Crippen LogP contribution in [0.3, 0.4) is 0 Å². The van der Waals surface area contributed by atoms with E-state index in [0.29, 0.717) is 0 Å². The summed E-state index contributed by atoms with van der Waals surface area (Å²) in [4.78, 5) is 10.4. The van der Waals surface area contributed by atoms with Gasteiger partial charge in [-0.15, -0.1) is 0 Å². The van der Waals surface area contributed by atoms with Crippen molar-refractivity contribution in [2.45, 2.75) is 19.3 Å². The summed E-state index contributed by atoms with van der Waals surface area (Å²) in [6, 6.07) is 7.81. The molecule has 0 aliphatic heterocycles. The van der Waals surface area contributed by atoms with E-state index in [1.54, 1.807) is 6.08 Å². The van der Waals surface area contributed by atoms with Crippen molar-refractivity contribution >= 4 is 12.0 Å². The minimum Gasteiger partial charge on any atom is -0.481 e. The molecule has 3 nitrogen and oxygen atoms in total. The van der Waals surface area contributed by atoms with E-state index < -0.39 is 5.97 Å². The fourth-order valence-corrected chi connectivity index (χ4v) is 1.48. The van der Waals surface area contributed by atoms with Crippen molar-refractivity contribution in [1.29, 1.82) is 0 Å². The van der Waals surface area contributed by atoms with Gasteiger partial charge < -0.3 is 10.2 Å². The van der Waals surface area contributed by atoms with Gasteiger partial charge in [0, 0.05) is 6.61 Å². The first-order valence-corrected chi connectivity index (χ1v) is 5.31. The zero-order valence-corrected chi connectivity index (χ0v) is 9.10. The summed E-state index contributed by atoms with van der Waals surface area (Å²) < 4.78 is 0. The molecule has 1 rings (SSSR count). The molecule has 0 aliphatic rings. The zero-order chi connectivity index (χ0) is 11.8. The normalized spacial score (nSPS) is 10.8. The standard InChI is InChI=1S/C13H16O3/c14-10-4-8-12-6-2-1-5-11(12)7-3-9-13(15)16/h1-3,5-7,14H,4,8-10H2,(H,15,16). The Kier molecular flexibility index (Phi) is 5.29. The van der Waals surface area contributed by atoms with E-state index in [1.807, 2.05) is 30.3 Å². The monoisotopic (exact) mass is 220 g/mol. The molecule has 0 radical (unpaired) electrons. The second-order valence-electron chi connectivity index (χ2n) is 3.53. The van der Waals surface area contributed by atoms with Crippen LogP contribution in [0.15, 0.2) is 30.3 Å². The van der Waals surface area contributed by atoms with Gasteiger partial charge in [-0.2, -0.15) is 0 Å². The molecule has 0 heterocycles. The number of aliphatic hydroxyl groups is 1. The van der Waals surface area contributed by atoms with E-state index in [1.165, 1.54) is 0 Å². The molecule has 0 atom stereocenters. The van der Waals surface area contributed by atoms with E-state index >= 15 is 0 Å². The highest BCUT2D eigenvalue weighted by atomic mass is 16.4. The van der Waals surface area contributed by atoms with Gasteiger partial charge in [0.15, 0.2) is 0 Å². The number of rotatable bonds is 6. The van der Waals surface area contributed by atoms with Crippen LogP contribution in [0.2, 0.25) is 0 Å². The second-order valence-corrected chi connectivity index (χ2v) is 3.53. The van der Waals surface area contributed by atoms with Crippen LogP contribution in [0.5, 0.6) is 0 Å². The van der Waals surface area contributed by atoms with Crippen molar-refractivity contribution in [1.82, 2.24) is 0 Å². The summed E-state index contributed by atoms with van der Waals surface area (Å²) >= 11 is 0. The van der Waals surface area contributed by atoms with Gasteiger partial charge in [-0.3, -0.25) is 4.79 Å². The van der Waals surface area contributed by atoms with Crippen LogP contribution in [-0.4, -0.2) is 22.8 Å². The predicted molar refractivity (Wildman–Crippen MR) is 63.1 cm³/mol.